The van der Waals surface area contributed by atoms with Crippen LogP contribution in [0.15, 0.2) is 53.4 Å². The lowest BCUT2D eigenvalue weighted by Gasteiger charge is -2.07. The predicted molar refractivity (Wildman–Crippen MR) is 96.1 cm³/mol. The summed E-state index contributed by atoms with van der Waals surface area (Å²) in [5, 5.41) is 1.03. The highest BCUT2D eigenvalue weighted by molar-refractivity contribution is 7.89. The molecule has 3 rings (SSSR count). The third kappa shape index (κ3) is 3.92. The number of benzene rings is 2. The molecule has 0 aliphatic heterocycles. The summed E-state index contributed by atoms with van der Waals surface area (Å²) in [6.45, 7) is 0.379. The maximum Gasteiger partial charge on any atom is 0.240 e. The molecule has 5 nitrogen and oxygen atoms in total. The summed E-state index contributed by atoms with van der Waals surface area (Å²) in [6.07, 6.45) is 1.46. The Morgan fingerprint density at radius 1 is 1.12 bits per heavy atom. The third-order valence-corrected chi connectivity index (χ3v) is 6.14. The fraction of sp³-hybridized carbons (Fsp3) is 0.235. The Labute approximate surface area is 145 Å². The Morgan fingerprint density at radius 2 is 1.88 bits per heavy atom. The summed E-state index contributed by atoms with van der Waals surface area (Å²) in [4.78, 5) is 4.79. The van der Waals surface area contributed by atoms with E-state index in [2.05, 4.69) is 9.71 Å². The van der Waals surface area contributed by atoms with E-state index in [1.54, 1.807) is 30.6 Å². The molecule has 0 fully saturated rings. The van der Waals surface area contributed by atoms with Gasteiger partial charge in [-0.3, -0.25) is 0 Å². The summed E-state index contributed by atoms with van der Waals surface area (Å²) in [6, 6.07) is 14.3. The first-order chi connectivity index (χ1) is 11.6. The average Bonchev–Trinajstić information content (AvgIpc) is 3.01. The molecule has 0 spiro atoms. The van der Waals surface area contributed by atoms with Gasteiger partial charge in [0.2, 0.25) is 10.0 Å². The van der Waals surface area contributed by atoms with Crippen molar-refractivity contribution in [1.29, 1.82) is 0 Å². The Morgan fingerprint density at radius 3 is 2.58 bits per heavy atom. The number of nitrogens with one attached hydrogen (secondary N) is 1. The van der Waals surface area contributed by atoms with Gasteiger partial charge in [0.15, 0.2) is 0 Å². The number of nitrogens with zero attached hydrogens (tertiary/aromatic N) is 1. The van der Waals surface area contributed by atoms with Gasteiger partial charge in [-0.25, -0.2) is 18.1 Å². The molecule has 0 saturated heterocycles. The lowest BCUT2D eigenvalue weighted by molar-refractivity contribution is 0.414. The first kappa shape index (κ1) is 16.9. The second-order valence-electron chi connectivity index (χ2n) is 5.25. The molecule has 126 valence electrons. The summed E-state index contributed by atoms with van der Waals surface area (Å²) < 4.78 is 33.3. The summed E-state index contributed by atoms with van der Waals surface area (Å²) in [5.41, 5.74) is 0.997. The lowest BCUT2D eigenvalue weighted by atomic mass is 10.3. The van der Waals surface area contributed by atoms with Crippen LogP contribution in [-0.4, -0.2) is 27.1 Å². The molecule has 3 aromatic rings. The van der Waals surface area contributed by atoms with E-state index in [1.807, 2.05) is 24.3 Å². The number of sulfonamides is 1. The number of ether oxygens (including phenoxy) is 1. The molecule has 0 aliphatic carbocycles. The smallest absolute Gasteiger partial charge is 0.240 e. The minimum Gasteiger partial charge on any atom is -0.497 e. The van der Waals surface area contributed by atoms with Crippen LogP contribution in [0.25, 0.3) is 10.2 Å². The monoisotopic (exact) mass is 362 g/mol. The van der Waals surface area contributed by atoms with Gasteiger partial charge >= 0.3 is 0 Å². The minimum absolute atomic E-state index is 0.239. The van der Waals surface area contributed by atoms with Crippen LogP contribution < -0.4 is 9.46 Å². The first-order valence-corrected chi connectivity index (χ1v) is 9.86. The van der Waals surface area contributed by atoms with Crippen molar-refractivity contribution in [2.45, 2.75) is 17.7 Å². The summed E-state index contributed by atoms with van der Waals surface area (Å²) in [7, 11) is -1.94. The maximum atomic E-state index is 12.2. The Kier molecular flexibility index (Phi) is 5.13. The van der Waals surface area contributed by atoms with Crippen molar-refractivity contribution in [3.05, 3.63) is 53.5 Å². The molecular weight excluding hydrogens is 344 g/mol. The Balaban J connectivity index is 1.54. The minimum atomic E-state index is -3.49. The number of thiazole rings is 1. The second-order valence-corrected chi connectivity index (χ2v) is 8.13. The molecule has 2 aromatic carbocycles. The topological polar surface area (TPSA) is 68.3 Å². The van der Waals surface area contributed by atoms with Crippen LogP contribution in [0, 0.1) is 0 Å². The second kappa shape index (κ2) is 7.29. The zero-order valence-electron chi connectivity index (χ0n) is 13.2. The normalized spacial score (nSPS) is 11.7. The molecule has 24 heavy (non-hydrogen) atoms. The van der Waals surface area contributed by atoms with Crippen molar-refractivity contribution in [2.75, 3.05) is 13.7 Å². The van der Waals surface area contributed by atoms with E-state index >= 15 is 0 Å². The van der Waals surface area contributed by atoms with E-state index in [0.29, 0.717) is 18.7 Å². The predicted octanol–water partition coefficient (Wildman–Crippen LogP) is 3.22. The Hall–Kier alpha value is -1.96. The van der Waals surface area contributed by atoms with Crippen LogP contribution >= 0.6 is 11.3 Å². The fourth-order valence-corrected chi connectivity index (χ4v) is 4.39. The van der Waals surface area contributed by atoms with Crippen molar-refractivity contribution in [3.8, 4) is 5.75 Å². The average molecular weight is 362 g/mol. The number of methoxy groups -OCH3 is 1. The SMILES string of the molecule is COc1ccc(S(=O)(=O)NCCCc2nc3ccccc3s2)cc1. The number of para-hydroxylation sites is 1. The maximum absolute atomic E-state index is 12.2. The van der Waals surface area contributed by atoms with Crippen molar-refractivity contribution in [1.82, 2.24) is 9.71 Å². The van der Waals surface area contributed by atoms with E-state index in [-0.39, 0.29) is 4.90 Å². The van der Waals surface area contributed by atoms with Crippen LogP contribution in [0.5, 0.6) is 5.75 Å². The van der Waals surface area contributed by atoms with Crippen molar-refractivity contribution >= 4 is 31.6 Å². The highest BCUT2D eigenvalue weighted by Gasteiger charge is 2.13. The van der Waals surface area contributed by atoms with Gasteiger partial charge in [-0.2, -0.15) is 0 Å². The van der Waals surface area contributed by atoms with E-state index < -0.39 is 10.0 Å². The number of aryl methyl sites for hydroxylation is 1. The summed E-state index contributed by atoms with van der Waals surface area (Å²) >= 11 is 1.65. The first-order valence-electron chi connectivity index (χ1n) is 7.57. The van der Waals surface area contributed by atoms with Gasteiger partial charge in [0, 0.05) is 13.0 Å². The number of hydrogen-bond donors (Lipinski definition) is 1. The fourth-order valence-electron chi connectivity index (χ4n) is 2.31. The van der Waals surface area contributed by atoms with Crippen LogP contribution in [0.3, 0.4) is 0 Å². The molecule has 0 aliphatic rings. The van der Waals surface area contributed by atoms with Crippen molar-refractivity contribution in [2.24, 2.45) is 0 Å². The molecule has 7 heteroatoms. The highest BCUT2D eigenvalue weighted by Crippen LogP contribution is 2.22. The van der Waals surface area contributed by atoms with Crippen LogP contribution in [-0.2, 0) is 16.4 Å². The molecule has 0 amide bonds. The van der Waals surface area contributed by atoms with E-state index in [9.17, 15) is 8.42 Å². The molecule has 1 aromatic heterocycles. The van der Waals surface area contributed by atoms with Gasteiger partial charge in [-0.1, -0.05) is 12.1 Å². The highest BCUT2D eigenvalue weighted by atomic mass is 32.2. The van der Waals surface area contributed by atoms with E-state index in [1.165, 1.54) is 12.1 Å². The van der Waals surface area contributed by atoms with Crippen LogP contribution in [0.1, 0.15) is 11.4 Å². The molecular formula is C17H18N2O3S2. The van der Waals surface area contributed by atoms with E-state index in [4.69, 9.17) is 4.74 Å². The van der Waals surface area contributed by atoms with E-state index in [0.717, 1.165) is 21.6 Å². The number of fused-ring (bicyclic) bond motifs is 1. The molecule has 0 saturated carbocycles. The lowest BCUT2D eigenvalue weighted by Crippen LogP contribution is -2.25. The third-order valence-electron chi connectivity index (χ3n) is 3.57. The zero-order chi connectivity index (χ0) is 17.0. The quantitative estimate of drug-likeness (QED) is 0.655. The number of aromatic nitrogens is 1. The van der Waals surface area contributed by atoms with Gasteiger partial charge in [0.05, 0.1) is 27.2 Å². The molecule has 0 bridgehead atoms. The molecule has 1 heterocycles. The van der Waals surface area contributed by atoms with Gasteiger partial charge in [-0.15, -0.1) is 11.3 Å². The van der Waals surface area contributed by atoms with Crippen LogP contribution in [0.4, 0.5) is 0 Å². The number of rotatable bonds is 7. The molecule has 0 atom stereocenters. The number of hydrogen-bond acceptors (Lipinski definition) is 5. The largest absolute Gasteiger partial charge is 0.497 e. The van der Waals surface area contributed by atoms with Gasteiger partial charge < -0.3 is 4.74 Å². The molecule has 0 unspecified atom stereocenters. The van der Waals surface area contributed by atoms with Crippen LogP contribution in [0.2, 0.25) is 0 Å². The van der Waals surface area contributed by atoms with Crippen molar-refractivity contribution < 1.29 is 13.2 Å². The standard InChI is InChI=1S/C17H18N2O3S2/c1-22-13-8-10-14(11-9-13)24(20,21)18-12-4-7-17-19-15-5-2-3-6-16(15)23-17/h2-3,5-6,8-11,18H,4,7,12H2,1H3. The molecule has 0 radical (unpaired) electrons. The molecule has 1 N–H and O–H groups in total. The summed E-state index contributed by atoms with van der Waals surface area (Å²) in [5.74, 6) is 0.629. The van der Waals surface area contributed by atoms with Gasteiger partial charge in [0.1, 0.15) is 5.75 Å². The van der Waals surface area contributed by atoms with Gasteiger partial charge in [-0.05, 0) is 42.8 Å². The Bertz CT molecular complexity index is 885. The van der Waals surface area contributed by atoms with Gasteiger partial charge in [0.25, 0.3) is 0 Å². The van der Waals surface area contributed by atoms with Crippen molar-refractivity contribution in [3.63, 3.8) is 0 Å². The zero-order valence-corrected chi connectivity index (χ0v) is 14.9.